The van der Waals surface area contributed by atoms with Crippen LogP contribution in [0.1, 0.15) is 19.0 Å². The van der Waals surface area contributed by atoms with Gasteiger partial charge in [-0.25, -0.2) is 9.97 Å². The van der Waals surface area contributed by atoms with Crippen LogP contribution in [-0.2, 0) is 4.74 Å². The minimum atomic E-state index is 0.749. The normalized spacial score (nSPS) is 15.5. The van der Waals surface area contributed by atoms with Crippen LogP contribution in [0, 0.1) is 6.92 Å². The van der Waals surface area contributed by atoms with E-state index in [4.69, 9.17) is 9.72 Å². The van der Waals surface area contributed by atoms with Gasteiger partial charge in [0.15, 0.2) is 5.82 Å². The zero-order valence-corrected chi connectivity index (χ0v) is 15.2. The second-order valence-corrected chi connectivity index (χ2v) is 6.37. The lowest BCUT2D eigenvalue weighted by Crippen LogP contribution is -2.47. The van der Waals surface area contributed by atoms with Crippen LogP contribution in [0.3, 0.4) is 0 Å². The van der Waals surface area contributed by atoms with Crippen molar-refractivity contribution in [2.45, 2.75) is 20.3 Å². The number of pyridine rings is 1. The molecule has 0 bridgehead atoms. The number of hydrogen-bond acceptors (Lipinski definition) is 6. The number of hydrogen-bond donors (Lipinski definition) is 0. The molecule has 1 aliphatic heterocycles. The molecule has 0 unspecified atom stereocenters. The summed E-state index contributed by atoms with van der Waals surface area (Å²) in [5, 5.41) is 0. The first-order chi connectivity index (χ1) is 12.3. The largest absolute Gasteiger partial charge is 0.380 e. The van der Waals surface area contributed by atoms with Crippen LogP contribution in [-0.4, -0.2) is 65.8 Å². The van der Waals surface area contributed by atoms with Gasteiger partial charge in [-0.15, -0.1) is 0 Å². The van der Waals surface area contributed by atoms with Crippen molar-refractivity contribution < 1.29 is 4.74 Å². The molecule has 0 aromatic carbocycles. The Kier molecular flexibility index (Phi) is 6.30. The Morgan fingerprint density at radius 2 is 1.96 bits per heavy atom. The molecule has 0 aliphatic carbocycles. The number of piperazine rings is 1. The second-order valence-electron chi connectivity index (χ2n) is 6.37. The highest BCUT2D eigenvalue weighted by Gasteiger charge is 2.19. The van der Waals surface area contributed by atoms with Crippen LogP contribution in [0.4, 0.5) is 5.82 Å². The number of nitrogens with zero attached hydrogens (tertiary/aromatic N) is 5. The molecule has 134 valence electrons. The Balaban J connectivity index is 1.61. The van der Waals surface area contributed by atoms with Gasteiger partial charge < -0.3 is 9.64 Å². The average Bonchev–Trinajstić information content (AvgIpc) is 2.66. The lowest BCUT2D eigenvalue weighted by molar-refractivity contribution is 0.102. The van der Waals surface area contributed by atoms with Gasteiger partial charge >= 0.3 is 0 Å². The summed E-state index contributed by atoms with van der Waals surface area (Å²) >= 11 is 0. The number of anilines is 1. The fourth-order valence-corrected chi connectivity index (χ4v) is 2.98. The zero-order chi connectivity index (χ0) is 17.5. The Morgan fingerprint density at radius 1 is 1.12 bits per heavy atom. The molecule has 0 amide bonds. The number of rotatable bonds is 7. The molecular weight excluding hydrogens is 314 g/mol. The van der Waals surface area contributed by atoms with E-state index in [2.05, 4.69) is 32.8 Å². The van der Waals surface area contributed by atoms with Crippen molar-refractivity contribution in [3.8, 4) is 11.4 Å². The first-order valence-corrected chi connectivity index (χ1v) is 9.07. The Labute approximate surface area is 149 Å². The molecule has 1 aliphatic rings. The third-order valence-corrected chi connectivity index (χ3v) is 4.36. The molecule has 6 nitrogen and oxygen atoms in total. The predicted octanol–water partition coefficient (Wildman–Crippen LogP) is 2.40. The van der Waals surface area contributed by atoms with Gasteiger partial charge in [-0.1, -0.05) is 6.92 Å². The molecule has 6 heteroatoms. The summed E-state index contributed by atoms with van der Waals surface area (Å²) in [5.74, 6) is 1.76. The standard InChI is InChI=1S/C19H27N5O/c1-3-12-25-13-11-23-7-9-24(10-8-23)18-14-16(2)21-19(22-18)17-5-4-6-20-15-17/h4-6,14-15H,3,7-13H2,1-2H3. The van der Waals surface area contributed by atoms with Crippen molar-refractivity contribution in [2.24, 2.45) is 0 Å². The van der Waals surface area contributed by atoms with Crippen molar-refractivity contribution in [2.75, 3.05) is 50.8 Å². The highest BCUT2D eigenvalue weighted by Crippen LogP contribution is 2.20. The molecule has 0 N–H and O–H groups in total. The summed E-state index contributed by atoms with van der Waals surface area (Å²) in [6, 6.07) is 5.99. The smallest absolute Gasteiger partial charge is 0.163 e. The molecule has 3 heterocycles. The summed E-state index contributed by atoms with van der Waals surface area (Å²) in [5.41, 5.74) is 1.94. The molecule has 25 heavy (non-hydrogen) atoms. The quantitative estimate of drug-likeness (QED) is 0.721. The van der Waals surface area contributed by atoms with Crippen LogP contribution in [0.5, 0.6) is 0 Å². The molecular formula is C19H27N5O. The van der Waals surface area contributed by atoms with Crippen LogP contribution >= 0.6 is 0 Å². The maximum atomic E-state index is 5.60. The van der Waals surface area contributed by atoms with E-state index in [0.29, 0.717) is 0 Å². The monoisotopic (exact) mass is 341 g/mol. The first-order valence-electron chi connectivity index (χ1n) is 9.07. The number of ether oxygens (including phenoxy) is 1. The lowest BCUT2D eigenvalue weighted by Gasteiger charge is -2.35. The third kappa shape index (κ3) is 4.96. The zero-order valence-electron chi connectivity index (χ0n) is 15.2. The second kappa shape index (κ2) is 8.87. The van der Waals surface area contributed by atoms with Gasteiger partial charge in [-0.3, -0.25) is 9.88 Å². The van der Waals surface area contributed by atoms with Gasteiger partial charge in [0.1, 0.15) is 5.82 Å². The Morgan fingerprint density at radius 3 is 2.68 bits per heavy atom. The number of aryl methyl sites for hydroxylation is 1. The molecule has 0 spiro atoms. The maximum Gasteiger partial charge on any atom is 0.163 e. The molecule has 0 saturated carbocycles. The maximum absolute atomic E-state index is 5.60. The van der Waals surface area contributed by atoms with Crippen molar-refractivity contribution in [3.63, 3.8) is 0 Å². The van der Waals surface area contributed by atoms with E-state index in [1.165, 1.54) is 0 Å². The van der Waals surface area contributed by atoms with Gasteiger partial charge in [0.25, 0.3) is 0 Å². The molecule has 1 saturated heterocycles. The van der Waals surface area contributed by atoms with E-state index in [9.17, 15) is 0 Å². The van der Waals surface area contributed by atoms with Gasteiger partial charge in [0.05, 0.1) is 6.61 Å². The van der Waals surface area contributed by atoms with Crippen molar-refractivity contribution in [3.05, 3.63) is 36.3 Å². The van der Waals surface area contributed by atoms with Crippen LogP contribution in [0.15, 0.2) is 30.6 Å². The molecule has 3 rings (SSSR count). The Bertz CT molecular complexity index is 656. The topological polar surface area (TPSA) is 54.4 Å². The van der Waals surface area contributed by atoms with Gasteiger partial charge in [0, 0.05) is 69.0 Å². The lowest BCUT2D eigenvalue weighted by atomic mass is 10.2. The van der Waals surface area contributed by atoms with E-state index in [-0.39, 0.29) is 0 Å². The average molecular weight is 341 g/mol. The molecule has 0 radical (unpaired) electrons. The van der Waals surface area contributed by atoms with E-state index in [1.807, 2.05) is 25.3 Å². The SMILES string of the molecule is CCCOCCN1CCN(c2cc(C)nc(-c3cccnc3)n2)CC1. The van der Waals surface area contributed by atoms with Crippen molar-refractivity contribution in [1.29, 1.82) is 0 Å². The summed E-state index contributed by atoms with van der Waals surface area (Å²) in [6.07, 6.45) is 4.66. The Hall–Kier alpha value is -2.05. The highest BCUT2D eigenvalue weighted by molar-refractivity contribution is 5.56. The minimum absolute atomic E-state index is 0.749. The van der Waals surface area contributed by atoms with E-state index in [1.54, 1.807) is 6.20 Å². The molecule has 1 fully saturated rings. The fraction of sp³-hybridized carbons (Fsp3) is 0.526. The van der Waals surface area contributed by atoms with Gasteiger partial charge in [0.2, 0.25) is 0 Å². The first kappa shape index (κ1) is 17.8. The summed E-state index contributed by atoms with van der Waals surface area (Å²) in [4.78, 5) is 18.3. The predicted molar refractivity (Wildman–Crippen MR) is 99.8 cm³/mol. The van der Waals surface area contributed by atoms with Crippen LogP contribution < -0.4 is 4.90 Å². The van der Waals surface area contributed by atoms with Gasteiger partial charge in [-0.05, 0) is 25.5 Å². The third-order valence-electron chi connectivity index (χ3n) is 4.36. The fourth-order valence-electron chi connectivity index (χ4n) is 2.98. The molecule has 2 aromatic heterocycles. The van der Waals surface area contributed by atoms with E-state index in [0.717, 1.165) is 75.3 Å². The van der Waals surface area contributed by atoms with Crippen molar-refractivity contribution >= 4 is 5.82 Å². The summed E-state index contributed by atoms with van der Waals surface area (Å²) < 4.78 is 5.60. The summed E-state index contributed by atoms with van der Waals surface area (Å²) in [7, 11) is 0. The van der Waals surface area contributed by atoms with Crippen LogP contribution in [0.25, 0.3) is 11.4 Å². The minimum Gasteiger partial charge on any atom is -0.380 e. The van der Waals surface area contributed by atoms with E-state index >= 15 is 0 Å². The number of aromatic nitrogens is 3. The van der Waals surface area contributed by atoms with Gasteiger partial charge in [-0.2, -0.15) is 0 Å². The van der Waals surface area contributed by atoms with E-state index < -0.39 is 0 Å². The van der Waals surface area contributed by atoms with Crippen molar-refractivity contribution in [1.82, 2.24) is 19.9 Å². The van der Waals surface area contributed by atoms with Crippen LogP contribution in [0.2, 0.25) is 0 Å². The molecule has 2 aromatic rings. The molecule has 0 atom stereocenters. The highest BCUT2D eigenvalue weighted by atomic mass is 16.5. The summed E-state index contributed by atoms with van der Waals surface area (Å²) in [6.45, 7) is 10.9.